The highest BCUT2D eigenvalue weighted by molar-refractivity contribution is 5.32. The fourth-order valence-electron chi connectivity index (χ4n) is 0.589. The van der Waals surface area contributed by atoms with Gasteiger partial charge in [-0.05, 0) is 12.1 Å². The first kappa shape index (κ1) is 6.54. The Hall–Kier alpha value is -1.58. The SMILES string of the molecule is O=[N+]([O-])[N]c1ccccc1. The maximum Gasteiger partial charge on any atom is 0.191 e. The van der Waals surface area contributed by atoms with E-state index < -0.39 is 5.03 Å². The van der Waals surface area contributed by atoms with Crippen LogP contribution >= 0.6 is 0 Å². The molecule has 4 nitrogen and oxygen atoms in total. The van der Waals surface area contributed by atoms with Crippen molar-refractivity contribution < 1.29 is 5.03 Å². The first-order valence-electron chi connectivity index (χ1n) is 2.70. The zero-order chi connectivity index (χ0) is 7.40. The molecule has 0 bridgehead atoms. The molecule has 0 aliphatic carbocycles. The molecule has 51 valence electrons. The van der Waals surface area contributed by atoms with Gasteiger partial charge in [0.2, 0.25) is 0 Å². The Morgan fingerprint density at radius 1 is 1.30 bits per heavy atom. The summed E-state index contributed by atoms with van der Waals surface area (Å²) in [6, 6.07) is 8.31. The second-order valence-electron chi connectivity index (χ2n) is 1.67. The molecule has 4 heteroatoms. The van der Waals surface area contributed by atoms with Gasteiger partial charge >= 0.3 is 0 Å². The zero-order valence-electron chi connectivity index (χ0n) is 5.10. The monoisotopic (exact) mass is 137 g/mol. The lowest BCUT2D eigenvalue weighted by atomic mass is 10.3. The molecule has 0 unspecified atom stereocenters. The average molecular weight is 137 g/mol. The third-order valence-corrected chi connectivity index (χ3v) is 0.953. The molecular formula is C6H5N2O2. The Morgan fingerprint density at radius 3 is 2.40 bits per heavy atom. The van der Waals surface area contributed by atoms with Crippen LogP contribution in [0.2, 0.25) is 0 Å². The average Bonchev–Trinajstić information content (AvgIpc) is 1.88. The predicted octanol–water partition coefficient (Wildman–Crippen LogP) is 1.11. The van der Waals surface area contributed by atoms with Gasteiger partial charge in [-0.2, -0.15) is 0 Å². The number of benzene rings is 1. The van der Waals surface area contributed by atoms with Crippen LogP contribution < -0.4 is 5.43 Å². The Bertz CT molecular complexity index is 222. The molecule has 0 aliphatic rings. The molecule has 0 spiro atoms. The first-order valence-corrected chi connectivity index (χ1v) is 2.70. The highest BCUT2D eigenvalue weighted by atomic mass is 16.7. The van der Waals surface area contributed by atoms with E-state index >= 15 is 0 Å². The van der Waals surface area contributed by atoms with Gasteiger partial charge in [0.1, 0.15) is 5.69 Å². The van der Waals surface area contributed by atoms with Gasteiger partial charge < -0.3 is 0 Å². The van der Waals surface area contributed by atoms with Gasteiger partial charge in [0.25, 0.3) is 0 Å². The largest absolute Gasteiger partial charge is 0.233 e. The van der Waals surface area contributed by atoms with Crippen molar-refractivity contribution >= 4 is 5.69 Å². The maximum absolute atomic E-state index is 9.81. The van der Waals surface area contributed by atoms with Crippen molar-refractivity contribution in [3.8, 4) is 0 Å². The Balaban J connectivity index is 2.67. The van der Waals surface area contributed by atoms with Crippen LogP contribution in [0.15, 0.2) is 30.3 Å². The van der Waals surface area contributed by atoms with E-state index in [1.807, 2.05) is 0 Å². The summed E-state index contributed by atoms with van der Waals surface area (Å²) in [5.74, 6) is 0. The smallest absolute Gasteiger partial charge is 0.191 e. The number of hydrogen-bond acceptors (Lipinski definition) is 2. The van der Waals surface area contributed by atoms with E-state index in [0.717, 1.165) is 0 Å². The molecule has 0 aromatic heterocycles. The molecule has 0 fully saturated rings. The summed E-state index contributed by atoms with van der Waals surface area (Å²) in [6.45, 7) is 0. The molecule has 0 aliphatic heterocycles. The normalized spacial score (nSPS) is 8.80. The number of nitrogens with zero attached hydrogens (tertiary/aromatic N) is 2. The van der Waals surface area contributed by atoms with Gasteiger partial charge in [0, 0.05) is 0 Å². The van der Waals surface area contributed by atoms with E-state index in [-0.39, 0.29) is 0 Å². The molecule has 0 heterocycles. The van der Waals surface area contributed by atoms with Crippen LogP contribution in [0.4, 0.5) is 5.69 Å². The lowest BCUT2D eigenvalue weighted by molar-refractivity contribution is -0.535. The molecule has 0 N–H and O–H groups in total. The second kappa shape index (κ2) is 2.82. The van der Waals surface area contributed by atoms with E-state index in [1.54, 1.807) is 30.3 Å². The van der Waals surface area contributed by atoms with Gasteiger partial charge in [0.15, 0.2) is 5.03 Å². The number of rotatable bonds is 2. The van der Waals surface area contributed by atoms with Gasteiger partial charge in [-0.1, -0.05) is 18.2 Å². The minimum atomic E-state index is -0.713. The molecule has 1 aromatic carbocycles. The van der Waals surface area contributed by atoms with Crippen molar-refractivity contribution in [3.05, 3.63) is 40.4 Å². The van der Waals surface area contributed by atoms with Crippen molar-refractivity contribution in [1.29, 1.82) is 0 Å². The Morgan fingerprint density at radius 2 is 1.90 bits per heavy atom. The van der Waals surface area contributed by atoms with Crippen LogP contribution in [0.3, 0.4) is 0 Å². The third-order valence-electron chi connectivity index (χ3n) is 0.953. The first-order chi connectivity index (χ1) is 4.79. The molecule has 0 saturated carbocycles. The highest BCUT2D eigenvalue weighted by Gasteiger charge is 1.99. The summed E-state index contributed by atoms with van der Waals surface area (Å²) in [4.78, 5) is 9.81. The van der Waals surface area contributed by atoms with Crippen molar-refractivity contribution in [2.24, 2.45) is 0 Å². The van der Waals surface area contributed by atoms with E-state index in [1.165, 1.54) is 0 Å². The fourth-order valence-corrected chi connectivity index (χ4v) is 0.589. The van der Waals surface area contributed by atoms with Crippen molar-refractivity contribution in [1.82, 2.24) is 5.43 Å². The van der Waals surface area contributed by atoms with Gasteiger partial charge in [0.05, 0.1) is 5.43 Å². The van der Waals surface area contributed by atoms with Crippen molar-refractivity contribution in [3.63, 3.8) is 0 Å². The summed E-state index contributed by atoms with van der Waals surface area (Å²) >= 11 is 0. The minimum absolute atomic E-state index is 0.368. The third kappa shape index (κ3) is 1.74. The summed E-state index contributed by atoms with van der Waals surface area (Å²) in [6.07, 6.45) is 0. The summed E-state index contributed by atoms with van der Waals surface area (Å²) in [7, 11) is 0. The summed E-state index contributed by atoms with van der Waals surface area (Å²) < 4.78 is 0. The summed E-state index contributed by atoms with van der Waals surface area (Å²) in [5, 5.41) is 9.09. The predicted molar refractivity (Wildman–Crippen MR) is 35.2 cm³/mol. The van der Waals surface area contributed by atoms with Crippen LogP contribution in [-0.4, -0.2) is 5.03 Å². The van der Waals surface area contributed by atoms with E-state index in [9.17, 15) is 10.1 Å². The van der Waals surface area contributed by atoms with Crippen LogP contribution in [0.5, 0.6) is 0 Å². The lowest BCUT2D eigenvalue weighted by Gasteiger charge is -1.88. The van der Waals surface area contributed by atoms with Gasteiger partial charge in [-0.15, -0.1) is 0 Å². The number of hydrogen-bond donors (Lipinski definition) is 0. The molecule has 0 saturated heterocycles. The molecule has 10 heavy (non-hydrogen) atoms. The van der Waals surface area contributed by atoms with Gasteiger partial charge in [-0.25, -0.2) is 10.1 Å². The zero-order valence-corrected chi connectivity index (χ0v) is 5.10. The summed E-state index contributed by atoms with van der Waals surface area (Å²) in [5.41, 5.74) is 3.45. The molecule has 1 rings (SSSR count). The molecule has 1 radical (unpaired) electrons. The topological polar surface area (TPSA) is 57.2 Å². The van der Waals surface area contributed by atoms with Crippen molar-refractivity contribution in [2.75, 3.05) is 0 Å². The van der Waals surface area contributed by atoms with E-state index in [4.69, 9.17) is 0 Å². The van der Waals surface area contributed by atoms with Crippen LogP contribution in [0.25, 0.3) is 0 Å². The van der Waals surface area contributed by atoms with E-state index in [0.29, 0.717) is 5.69 Å². The number of nitro groups is 1. The van der Waals surface area contributed by atoms with Crippen LogP contribution in [0, 0.1) is 10.1 Å². The minimum Gasteiger partial charge on any atom is -0.233 e. The molecule has 0 amide bonds. The molecule has 0 atom stereocenters. The highest BCUT2D eigenvalue weighted by Crippen LogP contribution is 2.03. The van der Waals surface area contributed by atoms with Crippen LogP contribution in [0.1, 0.15) is 0 Å². The lowest BCUT2D eigenvalue weighted by Crippen LogP contribution is -2.05. The Labute approximate surface area is 57.6 Å². The standard InChI is InChI=1S/C6H5N2O2/c9-8(10)7-6-4-2-1-3-5-6/h1-5H. The maximum atomic E-state index is 9.81. The van der Waals surface area contributed by atoms with E-state index in [2.05, 4.69) is 5.43 Å². The van der Waals surface area contributed by atoms with Gasteiger partial charge in [-0.3, -0.25) is 0 Å². The van der Waals surface area contributed by atoms with Crippen molar-refractivity contribution in [2.45, 2.75) is 0 Å². The second-order valence-corrected chi connectivity index (χ2v) is 1.67. The molecular weight excluding hydrogens is 132 g/mol. The molecule has 1 aromatic rings. The quantitative estimate of drug-likeness (QED) is 0.453. The Kier molecular flexibility index (Phi) is 1.84. The fraction of sp³-hybridized carbons (Fsp3) is 0. The van der Waals surface area contributed by atoms with Crippen LogP contribution in [-0.2, 0) is 0 Å².